The van der Waals surface area contributed by atoms with Crippen molar-refractivity contribution < 1.29 is 4.79 Å². The standard InChI is InChI=1S/C10H9N3OS/c14-10(9-3-5-11-6-4-9)12-13-15-7-1-2-8-15/h1-8H,(H,12,14). The van der Waals surface area contributed by atoms with Gasteiger partial charge >= 0.3 is 0 Å². The molecule has 0 aromatic carbocycles. The van der Waals surface area contributed by atoms with E-state index in [1.807, 2.05) is 23.0 Å². The predicted molar refractivity (Wildman–Crippen MR) is 59.8 cm³/mol. The topological polar surface area (TPSA) is 54.4 Å². The minimum atomic E-state index is -0.305. The summed E-state index contributed by atoms with van der Waals surface area (Å²) < 4.78 is 4.03. The molecule has 0 spiro atoms. The summed E-state index contributed by atoms with van der Waals surface area (Å²) in [6.45, 7) is 0. The molecular formula is C10H9N3OS. The zero-order valence-corrected chi connectivity index (χ0v) is 8.65. The summed E-state index contributed by atoms with van der Waals surface area (Å²) in [7, 11) is -0.305. The van der Waals surface area contributed by atoms with Gasteiger partial charge in [-0.15, -0.1) is 4.47 Å². The Morgan fingerprint density at radius 2 is 1.93 bits per heavy atom. The smallest absolute Gasteiger partial charge is 0.267 e. The van der Waals surface area contributed by atoms with Crippen LogP contribution in [0.4, 0.5) is 0 Å². The van der Waals surface area contributed by atoms with Gasteiger partial charge in [0.25, 0.3) is 5.91 Å². The van der Waals surface area contributed by atoms with Crippen LogP contribution in [0.2, 0.25) is 0 Å². The van der Waals surface area contributed by atoms with Crippen molar-refractivity contribution in [1.82, 2.24) is 10.4 Å². The minimum absolute atomic E-state index is 0.210. The van der Waals surface area contributed by atoms with Crippen molar-refractivity contribution in [2.45, 2.75) is 0 Å². The summed E-state index contributed by atoms with van der Waals surface area (Å²) >= 11 is 0. The summed E-state index contributed by atoms with van der Waals surface area (Å²) in [6, 6.07) is 3.29. The van der Waals surface area contributed by atoms with Crippen LogP contribution in [0.1, 0.15) is 10.4 Å². The third-order valence-electron chi connectivity index (χ3n) is 1.74. The Balaban J connectivity index is 2.02. The minimum Gasteiger partial charge on any atom is -0.267 e. The van der Waals surface area contributed by atoms with Crippen LogP contribution >= 0.6 is 0 Å². The van der Waals surface area contributed by atoms with Crippen LogP contribution in [0.15, 0.2) is 52.0 Å². The monoisotopic (exact) mass is 219 g/mol. The first kappa shape index (κ1) is 9.79. The molecule has 0 unspecified atom stereocenters. The van der Waals surface area contributed by atoms with E-state index in [1.54, 1.807) is 24.5 Å². The molecule has 15 heavy (non-hydrogen) atoms. The molecule has 0 radical (unpaired) electrons. The molecule has 1 aliphatic rings. The highest BCUT2D eigenvalue weighted by molar-refractivity contribution is 7.93. The van der Waals surface area contributed by atoms with Crippen molar-refractivity contribution in [3.8, 4) is 0 Å². The molecule has 0 saturated carbocycles. The maximum Gasteiger partial charge on any atom is 0.271 e. The molecule has 76 valence electrons. The highest BCUT2D eigenvalue weighted by Gasteiger charge is 2.02. The molecule has 4 nitrogen and oxygen atoms in total. The lowest BCUT2D eigenvalue weighted by atomic mass is 10.3. The Bertz CT molecular complexity index is 437. The number of carbonyl (C=O) groups excluding carboxylic acids is 1. The molecule has 0 saturated heterocycles. The first-order chi connectivity index (χ1) is 7.36. The zero-order chi connectivity index (χ0) is 10.5. The normalized spacial score (nSPS) is 14.1. The van der Waals surface area contributed by atoms with Crippen molar-refractivity contribution in [2.75, 3.05) is 0 Å². The Hall–Kier alpha value is -1.75. The average molecular weight is 219 g/mol. The van der Waals surface area contributed by atoms with Gasteiger partial charge in [-0.3, -0.25) is 9.78 Å². The lowest BCUT2D eigenvalue weighted by molar-refractivity contribution is 0.0956. The number of rotatable bonds is 2. The maximum absolute atomic E-state index is 11.5. The molecule has 1 aromatic heterocycles. The number of pyridine rings is 1. The van der Waals surface area contributed by atoms with Gasteiger partial charge in [0.1, 0.15) is 0 Å². The first-order valence-corrected chi connectivity index (χ1v) is 5.65. The average Bonchev–Trinajstić information content (AvgIpc) is 2.80. The van der Waals surface area contributed by atoms with Crippen LogP contribution in [-0.4, -0.2) is 10.9 Å². The van der Waals surface area contributed by atoms with E-state index in [4.69, 9.17) is 0 Å². The summed E-state index contributed by atoms with van der Waals surface area (Å²) in [5.74, 6) is -0.210. The lowest BCUT2D eigenvalue weighted by Gasteiger charge is -1.98. The summed E-state index contributed by atoms with van der Waals surface area (Å²) in [5, 5.41) is 3.85. The van der Waals surface area contributed by atoms with Crippen LogP contribution in [0.25, 0.3) is 0 Å². The third-order valence-corrected chi connectivity index (χ3v) is 2.92. The Morgan fingerprint density at radius 3 is 2.60 bits per heavy atom. The largest absolute Gasteiger partial charge is 0.271 e. The number of hydrogen-bond donors (Lipinski definition) is 1. The fourth-order valence-corrected chi connectivity index (χ4v) is 1.92. The second-order valence-electron chi connectivity index (χ2n) is 2.77. The number of nitrogens with zero attached hydrogens (tertiary/aromatic N) is 2. The van der Waals surface area contributed by atoms with Gasteiger partial charge in [-0.05, 0) is 33.6 Å². The van der Waals surface area contributed by atoms with Gasteiger partial charge in [-0.2, -0.15) is 0 Å². The van der Waals surface area contributed by atoms with Crippen LogP contribution in [0.3, 0.4) is 0 Å². The molecule has 0 fully saturated rings. The summed E-state index contributed by atoms with van der Waals surface area (Å²) in [4.78, 5) is 15.4. The molecule has 2 rings (SSSR count). The van der Waals surface area contributed by atoms with Gasteiger partial charge in [0.05, 0.1) is 0 Å². The molecule has 1 aliphatic heterocycles. The highest BCUT2D eigenvalue weighted by atomic mass is 32.2. The van der Waals surface area contributed by atoms with Crippen molar-refractivity contribution in [2.24, 2.45) is 4.47 Å². The van der Waals surface area contributed by atoms with Crippen molar-refractivity contribution >= 4 is 16.6 Å². The fourth-order valence-electron chi connectivity index (χ4n) is 1.02. The number of nitrogens with one attached hydrogen (secondary N) is 1. The van der Waals surface area contributed by atoms with Crippen LogP contribution in [-0.2, 0) is 10.7 Å². The lowest BCUT2D eigenvalue weighted by Crippen LogP contribution is -2.17. The first-order valence-electron chi connectivity index (χ1n) is 4.34. The molecule has 1 amide bonds. The Kier molecular flexibility index (Phi) is 3.04. The van der Waals surface area contributed by atoms with Crippen molar-refractivity contribution in [1.29, 1.82) is 0 Å². The van der Waals surface area contributed by atoms with Gasteiger partial charge in [0, 0.05) is 18.0 Å². The maximum atomic E-state index is 11.5. The van der Waals surface area contributed by atoms with E-state index >= 15 is 0 Å². The molecule has 2 heterocycles. The Morgan fingerprint density at radius 1 is 1.27 bits per heavy atom. The van der Waals surface area contributed by atoms with E-state index in [2.05, 4.69) is 14.9 Å². The number of carbonyl (C=O) groups is 1. The second-order valence-corrected chi connectivity index (χ2v) is 4.19. The Labute approximate surface area is 89.8 Å². The van der Waals surface area contributed by atoms with Gasteiger partial charge < -0.3 is 0 Å². The molecule has 0 aliphatic carbocycles. The van der Waals surface area contributed by atoms with Gasteiger partial charge in [-0.25, -0.2) is 5.43 Å². The predicted octanol–water partition coefficient (Wildman–Crippen LogP) is 1.57. The van der Waals surface area contributed by atoms with Crippen LogP contribution in [0, 0.1) is 0 Å². The van der Waals surface area contributed by atoms with E-state index in [9.17, 15) is 4.79 Å². The van der Waals surface area contributed by atoms with Crippen molar-refractivity contribution in [3.05, 3.63) is 53.1 Å². The van der Waals surface area contributed by atoms with Gasteiger partial charge in [-0.1, -0.05) is 12.2 Å². The summed E-state index contributed by atoms with van der Waals surface area (Å²) in [6.07, 6.45) is 6.97. The highest BCUT2D eigenvalue weighted by Crippen LogP contribution is 2.01. The van der Waals surface area contributed by atoms with Gasteiger partial charge in [0.15, 0.2) is 0 Å². The second kappa shape index (κ2) is 4.65. The number of aromatic nitrogens is 1. The van der Waals surface area contributed by atoms with Crippen molar-refractivity contribution in [3.63, 3.8) is 0 Å². The molecule has 1 aromatic rings. The molecule has 0 atom stereocenters. The van der Waals surface area contributed by atoms with E-state index in [1.165, 1.54) is 0 Å². The molecule has 0 bridgehead atoms. The number of allylic oxidation sites excluding steroid dienone is 2. The fraction of sp³-hybridized carbons (Fsp3) is 0. The quantitative estimate of drug-likeness (QED) is 0.767. The number of hydrogen-bond acceptors (Lipinski definition) is 3. The molecule has 1 N–H and O–H groups in total. The SMILES string of the molecule is O=C(NN=S1C=CC=C1)c1ccncc1. The molecule has 5 heteroatoms. The van der Waals surface area contributed by atoms with Crippen LogP contribution in [0.5, 0.6) is 0 Å². The third kappa shape index (κ3) is 2.60. The van der Waals surface area contributed by atoms with E-state index in [0.29, 0.717) is 5.56 Å². The zero-order valence-electron chi connectivity index (χ0n) is 7.83. The van der Waals surface area contributed by atoms with Gasteiger partial charge in [0.2, 0.25) is 0 Å². The van der Waals surface area contributed by atoms with E-state index in [-0.39, 0.29) is 16.6 Å². The van der Waals surface area contributed by atoms with Crippen LogP contribution < -0.4 is 5.43 Å². The summed E-state index contributed by atoms with van der Waals surface area (Å²) in [5.41, 5.74) is 3.07. The number of amides is 1. The van der Waals surface area contributed by atoms with E-state index in [0.717, 1.165) is 0 Å². The molecular weight excluding hydrogens is 210 g/mol. The van der Waals surface area contributed by atoms with E-state index < -0.39 is 0 Å².